The Balaban J connectivity index is 2.16. The molecule has 3 nitrogen and oxygen atoms in total. The van der Waals surface area contributed by atoms with Crippen LogP contribution >= 0.6 is 0 Å². The molecule has 0 atom stereocenters. The van der Waals surface area contributed by atoms with Crippen molar-refractivity contribution in [3.8, 4) is 6.07 Å². The molecule has 1 saturated heterocycles. The molecule has 0 saturated carbocycles. The van der Waals surface area contributed by atoms with Crippen LogP contribution in [0.2, 0.25) is 0 Å². The fraction of sp³-hybridized carbons (Fsp3) is 0.333. The lowest BCUT2D eigenvalue weighted by molar-refractivity contribution is -0.121. The van der Waals surface area contributed by atoms with Crippen molar-refractivity contribution in [2.24, 2.45) is 5.92 Å². The molecule has 0 aliphatic carbocycles. The van der Waals surface area contributed by atoms with Crippen molar-refractivity contribution >= 4 is 11.9 Å². The van der Waals surface area contributed by atoms with E-state index in [1.807, 2.05) is 36.4 Å². The van der Waals surface area contributed by atoms with E-state index in [4.69, 9.17) is 10.00 Å². The van der Waals surface area contributed by atoms with Gasteiger partial charge in [-0.1, -0.05) is 30.3 Å². The lowest BCUT2D eigenvalue weighted by Gasteiger charge is -2.20. The molecule has 1 aliphatic heterocycles. The van der Waals surface area contributed by atoms with Crippen LogP contribution in [0, 0.1) is 17.2 Å². The Hall–Kier alpha value is -1.92. The summed E-state index contributed by atoms with van der Waals surface area (Å²) in [5, 5.41) is 9.12. The minimum Gasteiger partial charge on any atom is -0.381 e. The summed E-state index contributed by atoms with van der Waals surface area (Å²) in [5.74, 6) is -0.113. The van der Waals surface area contributed by atoms with E-state index in [0.29, 0.717) is 26.1 Å². The van der Waals surface area contributed by atoms with Gasteiger partial charge in [-0.25, -0.2) is 0 Å². The number of carbonyl (C=O) groups excluding carboxylic acids is 1. The smallest absolute Gasteiger partial charge is 0.176 e. The van der Waals surface area contributed by atoms with Gasteiger partial charge in [-0.05, 0) is 24.5 Å². The van der Waals surface area contributed by atoms with Crippen molar-refractivity contribution in [2.45, 2.75) is 12.8 Å². The molecule has 0 bridgehead atoms. The van der Waals surface area contributed by atoms with E-state index in [9.17, 15) is 4.79 Å². The van der Waals surface area contributed by atoms with Crippen LogP contribution in [0.4, 0.5) is 0 Å². The highest BCUT2D eigenvalue weighted by molar-refractivity contribution is 6.04. The molecule has 1 fully saturated rings. The highest BCUT2D eigenvalue weighted by Gasteiger charge is 2.24. The molecule has 0 amide bonds. The standard InChI is InChI=1S/C15H15NO2/c16-11-14(10-12-4-2-1-3-5-12)15(17)13-6-8-18-9-7-13/h1-5,10,13H,6-9H2/b14-10-. The first-order valence-electron chi connectivity index (χ1n) is 6.10. The third-order valence-electron chi connectivity index (χ3n) is 3.09. The van der Waals surface area contributed by atoms with E-state index in [1.165, 1.54) is 0 Å². The van der Waals surface area contributed by atoms with E-state index in [1.54, 1.807) is 6.08 Å². The summed E-state index contributed by atoms with van der Waals surface area (Å²) in [7, 11) is 0. The van der Waals surface area contributed by atoms with Gasteiger partial charge in [0.05, 0.1) is 5.57 Å². The number of Topliss-reactive ketones (excluding diaryl/α,β-unsaturated/α-hetero) is 1. The van der Waals surface area contributed by atoms with E-state index >= 15 is 0 Å². The van der Waals surface area contributed by atoms with Crippen LogP contribution in [0.25, 0.3) is 6.08 Å². The van der Waals surface area contributed by atoms with Gasteiger partial charge in [0.25, 0.3) is 0 Å². The van der Waals surface area contributed by atoms with Crippen LogP contribution < -0.4 is 0 Å². The predicted octanol–water partition coefficient (Wildman–Crippen LogP) is 2.59. The maximum atomic E-state index is 12.2. The Labute approximate surface area is 107 Å². The van der Waals surface area contributed by atoms with Gasteiger partial charge in [0.15, 0.2) is 5.78 Å². The van der Waals surface area contributed by atoms with Crippen molar-refractivity contribution in [1.29, 1.82) is 5.26 Å². The van der Waals surface area contributed by atoms with Crippen LogP contribution in [0.1, 0.15) is 18.4 Å². The van der Waals surface area contributed by atoms with Gasteiger partial charge in [0.2, 0.25) is 0 Å². The molecule has 92 valence electrons. The summed E-state index contributed by atoms with van der Waals surface area (Å²) in [5.41, 5.74) is 1.13. The number of hydrogen-bond acceptors (Lipinski definition) is 3. The number of hydrogen-bond donors (Lipinski definition) is 0. The average Bonchev–Trinajstić information content (AvgIpc) is 2.46. The summed E-state index contributed by atoms with van der Waals surface area (Å²) in [6, 6.07) is 11.5. The van der Waals surface area contributed by atoms with Crippen LogP contribution in [-0.4, -0.2) is 19.0 Å². The molecule has 0 N–H and O–H groups in total. The average molecular weight is 241 g/mol. The lowest BCUT2D eigenvalue weighted by Crippen LogP contribution is -2.24. The normalized spacial score (nSPS) is 17.2. The number of ether oxygens (including phenoxy) is 1. The van der Waals surface area contributed by atoms with Crippen molar-refractivity contribution in [3.63, 3.8) is 0 Å². The van der Waals surface area contributed by atoms with E-state index in [-0.39, 0.29) is 17.3 Å². The van der Waals surface area contributed by atoms with Crippen LogP contribution in [0.5, 0.6) is 0 Å². The number of carbonyl (C=O) groups is 1. The topological polar surface area (TPSA) is 50.1 Å². The first-order valence-corrected chi connectivity index (χ1v) is 6.10. The highest BCUT2D eigenvalue weighted by atomic mass is 16.5. The molecule has 1 aromatic carbocycles. The van der Waals surface area contributed by atoms with Gasteiger partial charge in [-0.3, -0.25) is 4.79 Å². The number of allylic oxidation sites excluding steroid dienone is 1. The first-order chi connectivity index (χ1) is 8.81. The van der Waals surface area contributed by atoms with Crippen LogP contribution in [0.15, 0.2) is 35.9 Å². The molecule has 1 aliphatic rings. The molecule has 0 aromatic heterocycles. The third-order valence-corrected chi connectivity index (χ3v) is 3.09. The molecule has 2 rings (SSSR count). The Bertz CT molecular complexity index is 479. The predicted molar refractivity (Wildman–Crippen MR) is 68.6 cm³/mol. The molecule has 1 heterocycles. The Morgan fingerprint density at radius 3 is 2.56 bits per heavy atom. The van der Waals surface area contributed by atoms with Crippen LogP contribution in [0.3, 0.4) is 0 Å². The molecule has 0 spiro atoms. The van der Waals surface area contributed by atoms with Gasteiger partial charge in [0, 0.05) is 19.1 Å². The first kappa shape index (κ1) is 12.5. The Morgan fingerprint density at radius 1 is 1.28 bits per heavy atom. The van der Waals surface area contributed by atoms with Gasteiger partial charge in [0.1, 0.15) is 6.07 Å². The van der Waals surface area contributed by atoms with Gasteiger partial charge >= 0.3 is 0 Å². The largest absolute Gasteiger partial charge is 0.381 e. The zero-order valence-electron chi connectivity index (χ0n) is 10.1. The molecule has 18 heavy (non-hydrogen) atoms. The maximum absolute atomic E-state index is 12.2. The molecule has 0 radical (unpaired) electrons. The zero-order chi connectivity index (χ0) is 12.8. The number of rotatable bonds is 3. The highest BCUT2D eigenvalue weighted by Crippen LogP contribution is 2.20. The van der Waals surface area contributed by atoms with Gasteiger partial charge in [-0.15, -0.1) is 0 Å². The summed E-state index contributed by atoms with van der Waals surface area (Å²) in [6.45, 7) is 1.22. The number of nitrogens with zero attached hydrogens (tertiary/aromatic N) is 1. The molecule has 3 heteroatoms. The van der Waals surface area contributed by atoms with Gasteiger partial charge < -0.3 is 4.74 Å². The fourth-order valence-corrected chi connectivity index (χ4v) is 2.05. The van der Waals surface area contributed by atoms with Gasteiger partial charge in [-0.2, -0.15) is 5.26 Å². The Morgan fingerprint density at radius 2 is 1.94 bits per heavy atom. The molecule has 0 unspecified atom stereocenters. The van der Waals surface area contributed by atoms with Crippen molar-refractivity contribution in [1.82, 2.24) is 0 Å². The second kappa shape index (κ2) is 6.13. The van der Waals surface area contributed by atoms with E-state index in [2.05, 4.69) is 0 Å². The minimum atomic E-state index is -0.0617. The second-order valence-electron chi connectivity index (χ2n) is 4.33. The third kappa shape index (κ3) is 3.06. The van der Waals surface area contributed by atoms with Crippen LogP contribution in [-0.2, 0) is 9.53 Å². The second-order valence-corrected chi connectivity index (χ2v) is 4.33. The summed E-state index contributed by atoms with van der Waals surface area (Å²) < 4.78 is 5.23. The fourth-order valence-electron chi connectivity index (χ4n) is 2.05. The van der Waals surface area contributed by atoms with Crippen molar-refractivity contribution < 1.29 is 9.53 Å². The molecular formula is C15H15NO2. The lowest BCUT2D eigenvalue weighted by atomic mass is 9.90. The van der Waals surface area contributed by atoms with E-state index in [0.717, 1.165) is 5.56 Å². The SMILES string of the molecule is N#C/C(=C/c1ccccc1)C(=O)C1CCOCC1. The maximum Gasteiger partial charge on any atom is 0.176 e. The summed E-state index contributed by atoms with van der Waals surface area (Å²) >= 11 is 0. The number of benzene rings is 1. The molecule has 1 aromatic rings. The minimum absolute atomic E-state index is 0.0512. The summed E-state index contributed by atoms with van der Waals surface area (Å²) in [6.07, 6.45) is 3.09. The number of ketones is 1. The number of nitriles is 1. The monoisotopic (exact) mass is 241 g/mol. The summed E-state index contributed by atoms with van der Waals surface area (Å²) in [4.78, 5) is 12.2. The van der Waals surface area contributed by atoms with Crippen molar-refractivity contribution in [3.05, 3.63) is 41.5 Å². The quantitative estimate of drug-likeness (QED) is 0.603. The zero-order valence-corrected chi connectivity index (χ0v) is 10.1. The van der Waals surface area contributed by atoms with E-state index < -0.39 is 0 Å². The van der Waals surface area contributed by atoms with Crippen molar-refractivity contribution in [2.75, 3.05) is 13.2 Å². The molecular weight excluding hydrogens is 226 g/mol. The Kier molecular flexibility index (Phi) is 4.27.